The van der Waals surface area contributed by atoms with Gasteiger partial charge in [-0.1, -0.05) is 0 Å². The molecule has 1 fully saturated rings. The molecule has 1 aromatic heterocycles. The summed E-state index contributed by atoms with van der Waals surface area (Å²) in [6, 6.07) is 5.49. The second kappa shape index (κ2) is 6.19. The molecule has 1 atom stereocenters. The molecule has 6 heteroatoms. The Hall–Kier alpha value is -2.50. The topological polar surface area (TPSA) is 67.5 Å². The van der Waals surface area contributed by atoms with Gasteiger partial charge in [0.25, 0.3) is 5.91 Å². The van der Waals surface area contributed by atoms with Crippen molar-refractivity contribution in [2.45, 2.75) is 32.2 Å². The van der Waals surface area contributed by atoms with Crippen molar-refractivity contribution in [1.82, 2.24) is 15.1 Å². The molecule has 6 nitrogen and oxygen atoms in total. The van der Waals surface area contributed by atoms with E-state index in [0.29, 0.717) is 30.3 Å². The molecule has 0 spiro atoms. The number of amides is 1. The highest BCUT2D eigenvalue weighted by Gasteiger charge is 2.31. The molecule has 2 aliphatic heterocycles. The molecule has 0 radical (unpaired) electrons. The van der Waals surface area contributed by atoms with Crippen LogP contribution in [0.2, 0.25) is 0 Å². The van der Waals surface area contributed by atoms with Crippen LogP contribution in [0.1, 0.15) is 46.9 Å². The number of rotatable bonds is 2. The summed E-state index contributed by atoms with van der Waals surface area (Å²) in [6.07, 6.45) is 4.92. The van der Waals surface area contributed by atoms with Crippen molar-refractivity contribution in [3.63, 3.8) is 0 Å². The minimum absolute atomic E-state index is 0.0330. The molecule has 4 rings (SSSR count). The average molecular weight is 327 g/mol. The maximum Gasteiger partial charge on any atom is 0.254 e. The summed E-state index contributed by atoms with van der Waals surface area (Å²) >= 11 is 0. The van der Waals surface area contributed by atoms with Crippen LogP contribution < -0.4 is 9.47 Å². The number of H-pyrrole nitrogens is 1. The fourth-order valence-corrected chi connectivity index (χ4v) is 3.51. The van der Waals surface area contributed by atoms with Crippen LogP contribution >= 0.6 is 0 Å². The predicted octanol–water partition coefficient (Wildman–Crippen LogP) is 2.86. The Morgan fingerprint density at radius 1 is 1.25 bits per heavy atom. The molecule has 2 aromatic rings. The van der Waals surface area contributed by atoms with Gasteiger partial charge in [-0.2, -0.15) is 5.10 Å². The van der Waals surface area contributed by atoms with Crippen LogP contribution in [0.3, 0.4) is 0 Å². The molecule has 1 amide bonds. The summed E-state index contributed by atoms with van der Waals surface area (Å²) in [5.41, 5.74) is 2.78. The molecule has 0 bridgehead atoms. The fraction of sp³-hybridized carbons (Fsp3) is 0.444. The van der Waals surface area contributed by atoms with Crippen LogP contribution in [-0.4, -0.2) is 40.8 Å². The van der Waals surface area contributed by atoms with Gasteiger partial charge in [0.15, 0.2) is 11.5 Å². The van der Waals surface area contributed by atoms with Crippen LogP contribution in [-0.2, 0) is 0 Å². The number of carbonyl (C=O) groups is 1. The molecule has 2 aliphatic rings. The lowest BCUT2D eigenvalue weighted by Gasteiger charge is -2.35. The van der Waals surface area contributed by atoms with Gasteiger partial charge in [-0.05, 0) is 49.9 Å². The van der Waals surface area contributed by atoms with E-state index in [0.717, 1.165) is 37.1 Å². The number of benzene rings is 1. The van der Waals surface area contributed by atoms with E-state index in [4.69, 9.17) is 9.47 Å². The summed E-state index contributed by atoms with van der Waals surface area (Å²) in [5, 5.41) is 7.19. The highest BCUT2D eigenvalue weighted by Crippen LogP contribution is 2.35. The molecular formula is C18H21N3O3. The van der Waals surface area contributed by atoms with Gasteiger partial charge in [-0.15, -0.1) is 0 Å². The lowest BCUT2D eigenvalue weighted by atomic mass is 9.96. The Kier molecular flexibility index (Phi) is 3.88. The van der Waals surface area contributed by atoms with Crippen LogP contribution in [0.4, 0.5) is 0 Å². The summed E-state index contributed by atoms with van der Waals surface area (Å²) in [6.45, 7) is 3.86. The zero-order valence-corrected chi connectivity index (χ0v) is 13.7. The summed E-state index contributed by atoms with van der Waals surface area (Å²) in [5.74, 6) is 1.39. The Morgan fingerprint density at radius 2 is 2.08 bits per heavy atom. The molecule has 3 heterocycles. The van der Waals surface area contributed by atoms with E-state index in [1.54, 1.807) is 6.07 Å². The SMILES string of the molecule is Cc1cn[nH]c1C1CCCCN1C(=O)c1ccc2c(c1)OCCO2. The van der Waals surface area contributed by atoms with Crippen LogP contribution in [0, 0.1) is 6.92 Å². The molecule has 0 aliphatic carbocycles. The van der Waals surface area contributed by atoms with Crippen molar-refractivity contribution in [2.24, 2.45) is 0 Å². The maximum absolute atomic E-state index is 13.1. The predicted molar refractivity (Wildman–Crippen MR) is 88.4 cm³/mol. The number of ether oxygens (including phenoxy) is 2. The monoisotopic (exact) mass is 327 g/mol. The molecule has 24 heavy (non-hydrogen) atoms. The molecule has 0 saturated carbocycles. The number of aromatic nitrogens is 2. The summed E-state index contributed by atoms with van der Waals surface area (Å²) in [7, 11) is 0. The largest absolute Gasteiger partial charge is 0.486 e. The first kappa shape index (κ1) is 15.1. The van der Waals surface area contributed by atoms with Gasteiger partial charge >= 0.3 is 0 Å². The van der Waals surface area contributed by atoms with E-state index < -0.39 is 0 Å². The lowest BCUT2D eigenvalue weighted by molar-refractivity contribution is 0.0604. The van der Waals surface area contributed by atoms with Crippen LogP contribution in [0.5, 0.6) is 11.5 Å². The highest BCUT2D eigenvalue weighted by atomic mass is 16.6. The van der Waals surface area contributed by atoms with Gasteiger partial charge < -0.3 is 14.4 Å². The third-order valence-electron chi connectivity index (χ3n) is 4.75. The van der Waals surface area contributed by atoms with Crippen molar-refractivity contribution < 1.29 is 14.3 Å². The lowest BCUT2D eigenvalue weighted by Crippen LogP contribution is -2.39. The molecule has 1 unspecified atom stereocenters. The number of hydrogen-bond acceptors (Lipinski definition) is 4. The number of aryl methyl sites for hydroxylation is 1. The van der Waals surface area contributed by atoms with Crippen molar-refractivity contribution in [3.8, 4) is 11.5 Å². The second-order valence-electron chi connectivity index (χ2n) is 6.34. The first-order valence-electron chi connectivity index (χ1n) is 8.44. The Labute approximate surface area is 140 Å². The number of nitrogens with zero attached hydrogens (tertiary/aromatic N) is 2. The number of nitrogens with one attached hydrogen (secondary N) is 1. The Morgan fingerprint density at radius 3 is 2.88 bits per heavy atom. The number of aromatic amines is 1. The Bertz CT molecular complexity index is 756. The second-order valence-corrected chi connectivity index (χ2v) is 6.34. The van der Waals surface area contributed by atoms with Crippen molar-refractivity contribution in [3.05, 3.63) is 41.2 Å². The third-order valence-corrected chi connectivity index (χ3v) is 4.75. The number of carbonyl (C=O) groups excluding carboxylic acids is 1. The van der Waals surface area contributed by atoms with E-state index in [1.165, 1.54) is 0 Å². The Balaban J connectivity index is 1.63. The van der Waals surface area contributed by atoms with E-state index >= 15 is 0 Å². The smallest absolute Gasteiger partial charge is 0.254 e. The standard InChI is InChI=1S/C18H21N3O3/c1-12-11-19-20-17(12)14-4-2-3-7-21(14)18(22)13-5-6-15-16(10-13)24-9-8-23-15/h5-6,10-11,14H,2-4,7-9H2,1H3,(H,19,20). The van der Waals surface area contributed by atoms with Gasteiger partial charge in [-0.3, -0.25) is 9.89 Å². The molecule has 1 saturated heterocycles. The van der Waals surface area contributed by atoms with E-state index in [1.807, 2.05) is 30.2 Å². The zero-order valence-electron chi connectivity index (χ0n) is 13.7. The highest BCUT2D eigenvalue weighted by molar-refractivity contribution is 5.95. The molecule has 1 aromatic carbocycles. The van der Waals surface area contributed by atoms with E-state index in [9.17, 15) is 4.79 Å². The quantitative estimate of drug-likeness (QED) is 0.921. The van der Waals surface area contributed by atoms with E-state index in [2.05, 4.69) is 10.2 Å². The minimum Gasteiger partial charge on any atom is -0.486 e. The summed E-state index contributed by atoms with van der Waals surface area (Å²) in [4.78, 5) is 15.1. The fourth-order valence-electron chi connectivity index (χ4n) is 3.51. The van der Waals surface area contributed by atoms with Gasteiger partial charge in [0.2, 0.25) is 0 Å². The van der Waals surface area contributed by atoms with Crippen molar-refractivity contribution in [1.29, 1.82) is 0 Å². The number of hydrogen-bond donors (Lipinski definition) is 1. The van der Waals surface area contributed by atoms with Gasteiger partial charge in [0.05, 0.1) is 17.9 Å². The van der Waals surface area contributed by atoms with Crippen LogP contribution in [0.15, 0.2) is 24.4 Å². The third kappa shape index (κ3) is 2.62. The summed E-state index contributed by atoms with van der Waals surface area (Å²) < 4.78 is 11.1. The average Bonchev–Trinajstić information content (AvgIpc) is 3.06. The zero-order chi connectivity index (χ0) is 16.5. The number of fused-ring (bicyclic) bond motifs is 1. The van der Waals surface area contributed by atoms with E-state index in [-0.39, 0.29) is 11.9 Å². The van der Waals surface area contributed by atoms with Crippen molar-refractivity contribution >= 4 is 5.91 Å². The first-order valence-corrected chi connectivity index (χ1v) is 8.44. The normalized spacial score (nSPS) is 20.0. The van der Waals surface area contributed by atoms with Crippen molar-refractivity contribution in [2.75, 3.05) is 19.8 Å². The van der Waals surface area contributed by atoms with Gasteiger partial charge in [0, 0.05) is 12.1 Å². The minimum atomic E-state index is 0.0330. The first-order chi connectivity index (χ1) is 11.7. The molecule has 1 N–H and O–H groups in total. The van der Waals surface area contributed by atoms with Gasteiger partial charge in [-0.25, -0.2) is 0 Å². The molecule has 126 valence electrons. The molecular weight excluding hydrogens is 306 g/mol. The maximum atomic E-state index is 13.1. The van der Waals surface area contributed by atoms with Gasteiger partial charge in [0.1, 0.15) is 13.2 Å². The number of piperidine rings is 1. The number of likely N-dealkylation sites (tertiary alicyclic amines) is 1. The van der Waals surface area contributed by atoms with Crippen LogP contribution in [0.25, 0.3) is 0 Å².